The van der Waals surface area contributed by atoms with Crippen LogP contribution in [0.2, 0.25) is 0 Å². The molecule has 12 heteroatoms. The van der Waals surface area contributed by atoms with Crippen LogP contribution in [0.15, 0.2) is 24.4 Å². The number of nitrogens with zero attached hydrogens (tertiary/aromatic N) is 3. The molecule has 0 atom stereocenters. The van der Waals surface area contributed by atoms with Crippen molar-refractivity contribution in [2.75, 3.05) is 6.61 Å². The van der Waals surface area contributed by atoms with Gasteiger partial charge in [-0.25, -0.2) is 0 Å². The van der Waals surface area contributed by atoms with E-state index in [9.17, 15) is 36.5 Å². The summed E-state index contributed by atoms with van der Waals surface area (Å²) in [5.41, 5.74) is -4.17. The highest BCUT2D eigenvalue weighted by Crippen LogP contribution is 2.41. The molecule has 27 heavy (non-hydrogen) atoms. The number of rotatable bonds is 5. The molecule has 1 aromatic heterocycles. The summed E-state index contributed by atoms with van der Waals surface area (Å²) in [5, 5.41) is 14.7. The van der Waals surface area contributed by atoms with E-state index in [2.05, 4.69) is 5.10 Å². The number of aromatic nitrogens is 2. The topological polar surface area (TPSA) is 70.2 Å². The minimum absolute atomic E-state index is 0.0524. The minimum atomic E-state index is -4.85. The number of hydrogen-bond donors (Lipinski definition) is 0. The van der Waals surface area contributed by atoms with Gasteiger partial charge < -0.3 is 4.74 Å². The van der Waals surface area contributed by atoms with Gasteiger partial charge in [0.1, 0.15) is 11.3 Å². The fourth-order valence-electron chi connectivity index (χ4n) is 2.35. The van der Waals surface area contributed by atoms with Gasteiger partial charge in [0, 0.05) is 6.07 Å². The summed E-state index contributed by atoms with van der Waals surface area (Å²) in [5.74, 6) is -0.728. The van der Waals surface area contributed by atoms with Gasteiger partial charge in [0.15, 0.2) is 0 Å². The summed E-state index contributed by atoms with van der Waals surface area (Å²) in [6, 6.07) is 1.47. The maximum atomic E-state index is 13.2. The number of alkyl halides is 6. The number of nitro benzene ring substituents is 1. The molecule has 1 saturated carbocycles. The second kappa shape index (κ2) is 6.43. The maximum Gasteiger partial charge on any atom is 0.423 e. The van der Waals surface area contributed by atoms with Crippen LogP contribution in [-0.2, 0) is 12.4 Å². The van der Waals surface area contributed by atoms with E-state index in [1.807, 2.05) is 0 Å². The first-order valence-electron chi connectivity index (χ1n) is 7.62. The van der Waals surface area contributed by atoms with Crippen LogP contribution < -0.4 is 4.74 Å². The molecular weight excluding hydrogens is 384 g/mol. The third-order valence-corrected chi connectivity index (χ3v) is 3.91. The Morgan fingerprint density at radius 2 is 1.85 bits per heavy atom. The van der Waals surface area contributed by atoms with Gasteiger partial charge in [-0.15, -0.1) is 0 Å². The molecule has 0 spiro atoms. The smallest absolute Gasteiger partial charge is 0.423 e. The van der Waals surface area contributed by atoms with Crippen molar-refractivity contribution in [3.63, 3.8) is 0 Å². The molecule has 1 aromatic carbocycles. The number of halogens is 6. The summed E-state index contributed by atoms with van der Waals surface area (Å²) >= 11 is 0. The van der Waals surface area contributed by atoms with Crippen molar-refractivity contribution in [2.45, 2.75) is 25.2 Å². The van der Waals surface area contributed by atoms with E-state index in [1.165, 1.54) is 0 Å². The number of benzene rings is 1. The van der Waals surface area contributed by atoms with Crippen molar-refractivity contribution >= 4 is 5.69 Å². The summed E-state index contributed by atoms with van der Waals surface area (Å²) in [6.45, 7) is -0.0524. The van der Waals surface area contributed by atoms with Crippen molar-refractivity contribution in [2.24, 2.45) is 5.92 Å². The molecule has 1 heterocycles. The number of ether oxygens (including phenoxy) is 1. The fourth-order valence-corrected chi connectivity index (χ4v) is 2.35. The molecule has 0 aliphatic heterocycles. The zero-order valence-electron chi connectivity index (χ0n) is 13.3. The van der Waals surface area contributed by atoms with Crippen LogP contribution in [0.5, 0.6) is 5.88 Å². The summed E-state index contributed by atoms with van der Waals surface area (Å²) < 4.78 is 83.6. The Morgan fingerprint density at radius 3 is 2.37 bits per heavy atom. The molecule has 146 valence electrons. The van der Waals surface area contributed by atoms with Gasteiger partial charge in [-0.2, -0.15) is 36.1 Å². The Bertz CT molecular complexity index is 871. The standard InChI is InChI=1S/C15H11F6N3O3/c16-14(17,18)9-3-4-11(12(5-9)24(25)26)23-13(27-7-8-1-2-8)10(6-22-23)15(19,20)21/h3-6,8H,1-2,7H2. The lowest BCUT2D eigenvalue weighted by Gasteiger charge is -2.13. The lowest BCUT2D eigenvalue weighted by atomic mass is 10.1. The first-order chi connectivity index (χ1) is 12.5. The molecule has 2 aromatic rings. The average molecular weight is 395 g/mol. The molecule has 0 bridgehead atoms. The molecular formula is C15H11F6N3O3. The molecule has 1 aliphatic carbocycles. The lowest BCUT2D eigenvalue weighted by molar-refractivity contribution is -0.384. The van der Waals surface area contributed by atoms with E-state index in [1.54, 1.807) is 0 Å². The third kappa shape index (κ3) is 3.98. The van der Waals surface area contributed by atoms with E-state index >= 15 is 0 Å². The Morgan fingerprint density at radius 1 is 1.19 bits per heavy atom. The third-order valence-electron chi connectivity index (χ3n) is 3.91. The van der Waals surface area contributed by atoms with Gasteiger partial charge >= 0.3 is 12.4 Å². The fraction of sp³-hybridized carbons (Fsp3) is 0.400. The molecule has 0 amide bonds. The average Bonchev–Trinajstić information content (AvgIpc) is 3.27. The zero-order chi connectivity index (χ0) is 20.0. The Hall–Kier alpha value is -2.79. The van der Waals surface area contributed by atoms with Crippen molar-refractivity contribution in [1.82, 2.24) is 9.78 Å². The van der Waals surface area contributed by atoms with Crippen LogP contribution >= 0.6 is 0 Å². The van der Waals surface area contributed by atoms with Crippen LogP contribution in [0.1, 0.15) is 24.0 Å². The lowest BCUT2D eigenvalue weighted by Crippen LogP contribution is -2.13. The Balaban J connectivity index is 2.12. The van der Waals surface area contributed by atoms with Gasteiger partial charge in [0.25, 0.3) is 5.69 Å². The first kappa shape index (κ1) is 19.0. The second-order valence-electron chi connectivity index (χ2n) is 5.99. The highest BCUT2D eigenvalue weighted by Gasteiger charge is 2.40. The van der Waals surface area contributed by atoms with Crippen molar-refractivity contribution in [1.29, 1.82) is 0 Å². The highest BCUT2D eigenvalue weighted by atomic mass is 19.4. The van der Waals surface area contributed by atoms with E-state index in [0.717, 1.165) is 12.8 Å². The van der Waals surface area contributed by atoms with Gasteiger partial charge in [-0.3, -0.25) is 10.1 Å². The molecule has 1 fully saturated rings. The van der Waals surface area contributed by atoms with Crippen LogP contribution in [0, 0.1) is 16.0 Å². The predicted molar refractivity (Wildman–Crippen MR) is 78.4 cm³/mol. The van der Waals surface area contributed by atoms with Gasteiger partial charge in [-0.05, 0) is 30.9 Å². The van der Waals surface area contributed by atoms with Gasteiger partial charge in [-0.1, -0.05) is 0 Å². The molecule has 1 aliphatic rings. The monoisotopic (exact) mass is 395 g/mol. The molecule has 6 nitrogen and oxygen atoms in total. The molecule has 0 saturated heterocycles. The van der Waals surface area contributed by atoms with Crippen LogP contribution in [0.3, 0.4) is 0 Å². The van der Waals surface area contributed by atoms with Crippen molar-refractivity contribution in [3.05, 3.63) is 45.6 Å². The summed E-state index contributed by atoms with van der Waals surface area (Å²) in [7, 11) is 0. The number of nitro groups is 1. The Kier molecular flexibility index (Phi) is 4.52. The van der Waals surface area contributed by atoms with E-state index in [4.69, 9.17) is 4.74 Å². The Labute approximate surface area is 147 Å². The van der Waals surface area contributed by atoms with Crippen LogP contribution in [-0.4, -0.2) is 21.3 Å². The SMILES string of the molecule is O=[N+]([O-])c1cc(C(F)(F)F)ccc1-n1ncc(C(F)(F)F)c1OCC1CC1. The zero-order valence-corrected chi connectivity index (χ0v) is 13.3. The molecule has 3 rings (SSSR count). The van der Waals surface area contributed by atoms with Crippen LogP contribution in [0.25, 0.3) is 5.69 Å². The van der Waals surface area contributed by atoms with E-state index in [-0.39, 0.29) is 18.6 Å². The molecule has 0 N–H and O–H groups in total. The summed E-state index contributed by atoms with van der Waals surface area (Å²) in [6.07, 6.45) is -7.73. The van der Waals surface area contributed by atoms with Gasteiger partial charge in [0.05, 0.1) is 23.3 Å². The largest absolute Gasteiger partial charge is 0.477 e. The molecule has 0 radical (unpaired) electrons. The quantitative estimate of drug-likeness (QED) is 0.421. The van der Waals surface area contributed by atoms with Gasteiger partial charge in [0.2, 0.25) is 5.88 Å². The minimum Gasteiger partial charge on any atom is -0.477 e. The van der Waals surface area contributed by atoms with Crippen LogP contribution in [0.4, 0.5) is 32.0 Å². The van der Waals surface area contributed by atoms with Crippen molar-refractivity contribution < 1.29 is 36.0 Å². The predicted octanol–water partition coefficient (Wildman–Crippen LogP) is 4.61. The summed E-state index contributed by atoms with van der Waals surface area (Å²) in [4.78, 5) is 10.1. The normalized spacial score (nSPS) is 15.0. The van der Waals surface area contributed by atoms with Crippen molar-refractivity contribution in [3.8, 4) is 11.6 Å². The van der Waals surface area contributed by atoms with E-state index in [0.29, 0.717) is 23.0 Å². The first-order valence-corrected chi connectivity index (χ1v) is 7.62. The maximum absolute atomic E-state index is 13.2. The van der Waals surface area contributed by atoms with E-state index < -0.39 is 45.7 Å². The second-order valence-corrected chi connectivity index (χ2v) is 5.99. The number of hydrogen-bond acceptors (Lipinski definition) is 4. The highest BCUT2D eigenvalue weighted by molar-refractivity contribution is 5.56. The molecule has 0 unspecified atom stereocenters.